The molecule has 17 heavy (non-hydrogen) atoms. The Labute approximate surface area is 96.6 Å². The van der Waals surface area contributed by atoms with E-state index in [0.29, 0.717) is 5.56 Å². The molecule has 0 unspecified atom stereocenters. The molecule has 0 saturated carbocycles. The number of nitrogens with one attached hydrogen (secondary N) is 1. The van der Waals surface area contributed by atoms with Gasteiger partial charge in [-0.2, -0.15) is 5.26 Å². The van der Waals surface area contributed by atoms with Crippen LogP contribution in [0.4, 0.5) is 0 Å². The Morgan fingerprint density at radius 2 is 2.06 bits per heavy atom. The van der Waals surface area contributed by atoms with Crippen LogP contribution < -0.4 is 11.1 Å². The van der Waals surface area contributed by atoms with Gasteiger partial charge in [-0.15, -0.1) is 0 Å². The summed E-state index contributed by atoms with van der Waals surface area (Å²) in [6.45, 7) is 0.241. The zero-order valence-electron chi connectivity index (χ0n) is 8.88. The summed E-state index contributed by atoms with van der Waals surface area (Å²) in [5.41, 5.74) is 0.690. The van der Waals surface area contributed by atoms with Crippen molar-refractivity contribution in [3.8, 4) is 6.07 Å². The van der Waals surface area contributed by atoms with E-state index in [2.05, 4.69) is 5.10 Å². The van der Waals surface area contributed by atoms with Gasteiger partial charge in [-0.3, -0.25) is 14.7 Å². The van der Waals surface area contributed by atoms with Crippen molar-refractivity contribution < 1.29 is 0 Å². The highest BCUT2D eigenvalue weighted by Gasteiger charge is 1.99. The molecule has 1 heterocycles. The summed E-state index contributed by atoms with van der Waals surface area (Å²) in [4.78, 5) is 22.5. The van der Waals surface area contributed by atoms with Gasteiger partial charge in [0.25, 0.3) is 11.1 Å². The van der Waals surface area contributed by atoms with Crippen molar-refractivity contribution in [3.05, 3.63) is 68.2 Å². The number of H-pyrrole nitrogens is 1. The minimum atomic E-state index is -0.332. The summed E-state index contributed by atoms with van der Waals surface area (Å²) >= 11 is 0. The molecule has 0 aliphatic rings. The summed E-state index contributed by atoms with van der Waals surface area (Å²) < 4.78 is 1.21. The Bertz CT molecular complexity index is 692. The third-order valence-corrected chi connectivity index (χ3v) is 2.29. The number of rotatable bonds is 2. The normalized spacial score (nSPS) is 9.82. The SMILES string of the molecule is N#Cc1cccc(Cn2[nH]c(=O)ccc2=O)c1. The van der Waals surface area contributed by atoms with Crippen LogP contribution in [0.5, 0.6) is 0 Å². The fourth-order valence-corrected chi connectivity index (χ4v) is 1.50. The second kappa shape index (κ2) is 4.49. The number of aromatic amines is 1. The van der Waals surface area contributed by atoms with Gasteiger partial charge in [-0.25, -0.2) is 4.68 Å². The molecular formula is C12H9N3O2. The van der Waals surface area contributed by atoms with Gasteiger partial charge in [0, 0.05) is 12.1 Å². The van der Waals surface area contributed by atoms with Crippen molar-refractivity contribution >= 4 is 0 Å². The zero-order valence-corrected chi connectivity index (χ0v) is 8.88. The van der Waals surface area contributed by atoms with Crippen molar-refractivity contribution in [2.24, 2.45) is 0 Å². The zero-order chi connectivity index (χ0) is 12.3. The topological polar surface area (TPSA) is 78.7 Å². The first-order chi connectivity index (χ1) is 8.19. The first-order valence-corrected chi connectivity index (χ1v) is 4.98. The van der Waals surface area contributed by atoms with Crippen molar-refractivity contribution in [1.82, 2.24) is 9.78 Å². The summed E-state index contributed by atoms with van der Waals surface area (Å²) in [6.07, 6.45) is 0. The molecule has 2 rings (SSSR count). The van der Waals surface area contributed by atoms with Crippen LogP contribution in [-0.4, -0.2) is 9.78 Å². The molecule has 0 aliphatic carbocycles. The maximum Gasteiger partial charge on any atom is 0.265 e. The first-order valence-electron chi connectivity index (χ1n) is 4.98. The fourth-order valence-electron chi connectivity index (χ4n) is 1.50. The number of nitrogens with zero attached hydrogens (tertiary/aromatic N) is 2. The predicted octanol–water partition coefficient (Wildman–Crippen LogP) is 0.457. The quantitative estimate of drug-likeness (QED) is 0.809. The minimum Gasteiger partial charge on any atom is -0.268 e. The van der Waals surface area contributed by atoms with E-state index in [0.717, 1.165) is 5.56 Å². The van der Waals surface area contributed by atoms with E-state index in [1.165, 1.54) is 16.8 Å². The van der Waals surface area contributed by atoms with E-state index in [-0.39, 0.29) is 17.7 Å². The van der Waals surface area contributed by atoms with Crippen molar-refractivity contribution in [2.75, 3.05) is 0 Å². The van der Waals surface area contributed by atoms with E-state index >= 15 is 0 Å². The highest BCUT2D eigenvalue weighted by Crippen LogP contribution is 2.04. The number of nitriles is 1. The fraction of sp³-hybridized carbons (Fsp3) is 0.0833. The molecule has 1 N–H and O–H groups in total. The Hall–Kier alpha value is -2.61. The first kappa shape index (κ1) is 10.9. The molecule has 5 heteroatoms. The largest absolute Gasteiger partial charge is 0.268 e. The number of hydrogen-bond donors (Lipinski definition) is 1. The molecule has 84 valence electrons. The van der Waals surface area contributed by atoms with E-state index < -0.39 is 0 Å². The van der Waals surface area contributed by atoms with Gasteiger partial charge in [0.05, 0.1) is 18.2 Å². The number of benzene rings is 1. The smallest absolute Gasteiger partial charge is 0.265 e. The third kappa shape index (κ3) is 2.49. The van der Waals surface area contributed by atoms with Crippen LogP contribution in [0.25, 0.3) is 0 Å². The van der Waals surface area contributed by atoms with Gasteiger partial charge < -0.3 is 0 Å². The van der Waals surface area contributed by atoms with Crippen LogP contribution in [0.2, 0.25) is 0 Å². The molecule has 5 nitrogen and oxygen atoms in total. The number of hydrogen-bond acceptors (Lipinski definition) is 3. The van der Waals surface area contributed by atoms with Gasteiger partial charge in [0.2, 0.25) is 0 Å². The lowest BCUT2D eigenvalue weighted by molar-refractivity contribution is 0.627. The Morgan fingerprint density at radius 3 is 2.82 bits per heavy atom. The van der Waals surface area contributed by atoms with Gasteiger partial charge in [-0.05, 0) is 17.7 Å². The minimum absolute atomic E-state index is 0.241. The molecular weight excluding hydrogens is 218 g/mol. The van der Waals surface area contributed by atoms with E-state index in [1.54, 1.807) is 24.3 Å². The monoisotopic (exact) mass is 227 g/mol. The summed E-state index contributed by atoms with van der Waals surface area (Å²) in [7, 11) is 0. The standard InChI is InChI=1S/C12H9N3O2/c13-7-9-2-1-3-10(6-9)8-15-12(17)5-4-11(16)14-15/h1-6H,8H2,(H,14,16). The summed E-state index contributed by atoms with van der Waals surface area (Å²) in [5.74, 6) is 0. The molecule has 0 bridgehead atoms. The molecule has 0 saturated heterocycles. The van der Waals surface area contributed by atoms with Crippen LogP contribution in [0.15, 0.2) is 46.0 Å². The van der Waals surface area contributed by atoms with E-state index in [9.17, 15) is 9.59 Å². The molecule has 0 aliphatic heterocycles. The average molecular weight is 227 g/mol. The predicted molar refractivity (Wildman–Crippen MR) is 61.6 cm³/mol. The van der Waals surface area contributed by atoms with Crippen molar-refractivity contribution in [1.29, 1.82) is 5.26 Å². The maximum atomic E-state index is 11.5. The summed E-state index contributed by atoms with van der Waals surface area (Å²) in [5, 5.41) is 11.2. The highest BCUT2D eigenvalue weighted by atomic mass is 16.1. The van der Waals surface area contributed by atoms with Crippen molar-refractivity contribution in [2.45, 2.75) is 6.54 Å². The van der Waals surface area contributed by atoms with Crippen LogP contribution in [0.3, 0.4) is 0 Å². The number of aromatic nitrogens is 2. The van der Waals surface area contributed by atoms with Gasteiger partial charge in [0.1, 0.15) is 0 Å². The Kier molecular flexibility index (Phi) is 2.88. The second-order valence-corrected chi connectivity index (χ2v) is 3.55. The third-order valence-electron chi connectivity index (χ3n) is 2.29. The van der Waals surface area contributed by atoms with Gasteiger partial charge >= 0.3 is 0 Å². The van der Waals surface area contributed by atoms with Crippen LogP contribution >= 0.6 is 0 Å². The van der Waals surface area contributed by atoms with Crippen LogP contribution in [0.1, 0.15) is 11.1 Å². The Morgan fingerprint density at radius 1 is 1.24 bits per heavy atom. The summed E-state index contributed by atoms with van der Waals surface area (Å²) in [6, 6.07) is 11.3. The lowest BCUT2D eigenvalue weighted by Gasteiger charge is -2.04. The van der Waals surface area contributed by atoms with E-state index in [1.807, 2.05) is 6.07 Å². The van der Waals surface area contributed by atoms with Gasteiger partial charge in [-0.1, -0.05) is 12.1 Å². The lowest BCUT2D eigenvalue weighted by Crippen LogP contribution is -2.28. The average Bonchev–Trinajstić information content (AvgIpc) is 2.34. The van der Waals surface area contributed by atoms with E-state index in [4.69, 9.17) is 5.26 Å². The molecule has 0 spiro atoms. The maximum absolute atomic E-state index is 11.5. The molecule has 0 amide bonds. The van der Waals surface area contributed by atoms with Crippen LogP contribution in [-0.2, 0) is 6.54 Å². The highest BCUT2D eigenvalue weighted by molar-refractivity contribution is 5.32. The van der Waals surface area contributed by atoms with Crippen LogP contribution in [0, 0.1) is 11.3 Å². The molecule has 0 fully saturated rings. The van der Waals surface area contributed by atoms with Gasteiger partial charge in [0.15, 0.2) is 0 Å². The Balaban J connectivity index is 2.38. The molecule has 2 aromatic rings. The lowest BCUT2D eigenvalue weighted by atomic mass is 10.1. The molecule has 0 radical (unpaired) electrons. The van der Waals surface area contributed by atoms with Crippen molar-refractivity contribution in [3.63, 3.8) is 0 Å². The molecule has 1 aromatic carbocycles. The molecule has 0 atom stereocenters. The molecule has 1 aromatic heterocycles. The second-order valence-electron chi connectivity index (χ2n) is 3.55.